The molecule has 37 heavy (non-hydrogen) atoms. The highest BCUT2D eigenvalue weighted by atomic mass is 19.4. The molecule has 1 aliphatic rings. The number of nitrogens with zero attached hydrogens (tertiary/aromatic N) is 1. The second-order valence-corrected chi connectivity index (χ2v) is 9.31. The molecule has 3 N–H and O–H groups in total. The second-order valence-electron chi connectivity index (χ2n) is 9.31. The number of piperidine rings is 1. The van der Waals surface area contributed by atoms with Gasteiger partial charge in [-0.15, -0.1) is 0 Å². The zero-order chi connectivity index (χ0) is 26.9. The van der Waals surface area contributed by atoms with Crippen molar-refractivity contribution in [1.29, 1.82) is 0 Å². The minimum absolute atomic E-state index is 0.00683. The van der Waals surface area contributed by atoms with Crippen molar-refractivity contribution < 1.29 is 27.2 Å². The van der Waals surface area contributed by atoms with Crippen molar-refractivity contribution in [3.63, 3.8) is 0 Å². The summed E-state index contributed by atoms with van der Waals surface area (Å²) in [6, 6.07) is 13.9. The number of nitrogens with two attached hydrogens (primary N) is 1. The molecule has 0 radical (unpaired) electrons. The number of likely N-dealkylation sites (tertiary alicyclic amines) is 1. The Morgan fingerprint density at radius 2 is 1.70 bits per heavy atom. The maximum Gasteiger partial charge on any atom is 0.416 e. The van der Waals surface area contributed by atoms with Crippen LogP contribution in [0, 0.1) is 25.6 Å². The van der Waals surface area contributed by atoms with Crippen molar-refractivity contribution in [2.75, 3.05) is 17.6 Å². The lowest BCUT2D eigenvalue weighted by Gasteiger charge is -2.41. The van der Waals surface area contributed by atoms with Gasteiger partial charge in [-0.3, -0.25) is 9.59 Å². The molecule has 1 aliphatic heterocycles. The van der Waals surface area contributed by atoms with Gasteiger partial charge in [0.25, 0.3) is 5.91 Å². The van der Waals surface area contributed by atoms with Crippen molar-refractivity contribution in [2.24, 2.45) is 5.92 Å². The summed E-state index contributed by atoms with van der Waals surface area (Å²) in [6.07, 6.45) is -3.72. The molecular weight excluding hydrogens is 486 g/mol. The summed E-state index contributed by atoms with van der Waals surface area (Å²) >= 11 is 0. The number of nitrogens with one attached hydrogen (secondary N) is 1. The Balaban J connectivity index is 1.71. The number of alkyl halides is 3. The van der Waals surface area contributed by atoms with E-state index in [-0.39, 0.29) is 23.4 Å². The zero-order valence-electron chi connectivity index (χ0n) is 20.4. The normalized spacial score (nSPS) is 17.9. The molecule has 1 unspecified atom stereocenters. The van der Waals surface area contributed by atoms with Crippen molar-refractivity contribution in [2.45, 2.75) is 38.9 Å². The highest BCUT2D eigenvalue weighted by Crippen LogP contribution is 2.39. The number of hydrogen-bond acceptors (Lipinski definition) is 3. The summed E-state index contributed by atoms with van der Waals surface area (Å²) in [6.45, 7) is 3.27. The summed E-state index contributed by atoms with van der Waals surface area (Å²) in [5, 5.41) is 2.61. The first-order chi connectivity index (χ1) is 17.5. The van der Waals surface area contributed by atoms with Gasteiger partial charge in [-0.05, 0) is 73.7 Å². The maximum absolute atomic E-state index is 14.7. The van der Waals surface area contributed by atoms with E-state index in [0.717, 1.165) is 6.07 Å². The summed E-state index contributed by atoms with van der Waals surface area (Å²) in [5.74, 6) is -2.53. The van der Waals surface area contributed by atoms with E-state index in [1.165, 1.54) is 36.1 Å². The molecule has 2 amide bonds. The molecule has 0 saturated carbocycles. The van der Waals surface area contributed by atoms with Gasteiger partial charge in [-0.2, -0.15) is 13.2 Å². The van der Waals surface area contributed by atoms with Gasteiger partial charge in [0.1, 0.15) is 5.82 Å². The second kappa shape index (κ2) is 10.2. The molecule has 0 aromatic heterocycles. The Morgan fingerprint density at radius 3 is 2.35 bits per heavy atom. The summed E-state index contributed by atoms with van der Waals surface area (Å²) in [4.78, 5) is 28.6. The minimum Gasteiger partial charge on any atom is -0.399 e. The van der Waals surface area contributed by atoms with Crippen molar-refractivity contribution in [3.8, 4) is 0 Å². The van der Waals surface area contributed by atoms with Gasteiger partial charge in [0.2, 0.25) is 5.91 Å². The molecule has 0 bridgehead atoms. The quantitative estimate of drug-likeness (QED) is 0.319. The highest BCUT2D eigenvalue weighted by Gasteiger charge is 2.41. The SMILES string of the molecule is Cc1ccc(NC(=O)[C@H]2CCCN(C(=O)c3c(C)cccc3F)C2c2ccc(N)cc2)cc1C(F)(F)F. The number of carbonyl (C=O) groups is 2. The molecule has 5 nitrogen and oxygen atoms in total. The fraction of sp³-hybridized carbons (Fsp3) is 0.286. The van der Waals surface area contributed by atoms with Crippen molar-refractivity contribution in [1.82, 2.24) is 4.90 Å². The molecule has 1 fully saturated rings. The van der Waals surface area contributed by atoms with Crippen LogP contribution in [0.3, 0.4) is 0 Å². The molecule has 3 aromatic carbocycles. The third-order valence-electron chi connectivity index (χ3n) is 6.75. The Morgan fingerprint density at radius 1 is 1.00 bits per heavy atom. The van der Waals surface area contributed by atoms with Crippen LogP contribution in [-0.2, 0) is 11.0 Å². The number of carbonyl (C=O) groups excluding carboxylic acids is 2. The number of benzene rings is 3. The Kier molecular flexibility index (Phi) is 7.25. The molecule has 3 aromatic rings. The molecule has 2 atom stereocenters. The number of amides is 2. The van der Waals surface area contributed by atoms with E-state index in [0.29, 0.717) is 29.7 Å². The van der Waals surface area contributed by atoms with Crippen LogP contribution in [0.4, 0.5) is 28.9 Å². The van der Waals surface area contributed by atoms with Crippen molar-refractivity contribution >= 4 is 23.2 Å². The van der Waals surface area contributed by atoms with Crippen LogP contribution < -0.4 is 11.1 Å². The average Bonchev–Trinajstić information content (AvgIpc) is 2.84. The summed E-state index contributed by atoms with van der Waals surface area (Å²) < 4.78 is 54.9. The first-order valence-corrected chi connectivity index (χ1v) is 11.9. The highest BCUT2D eigenvalue weighted by molar-refractivity contribution is 5.98. The number of halogens is 4. The third kappa shape index (κ3) is 5.45. The first-order valence-electron chi connectivity index (χ1n) is 11.9. The van der Waals surface area contributed by atoms with E-state index in [1.807, 2.05) is 0 Å². The number of aryl methyl sites for hydroxylation is 2. The average molecular weight is 514 g/mol. The topological polar surface area (TPSA) is 75.4 Å². The molecule has 4 rings (SSSR count). The van der Waals surface area contributed by atoms with Crippen LogP contribution in [0.5, 0.6) is 0 Å². The summed E-state index contributed by atoms with van der Waals surface area (Å²) in [5.41, 5.74) is 6.55. The van der Waals surface area contributed by atoms with E-state index in [1.54, 1.807) is 37.3 Å². The fourth-order valence-corrected chi connectivity index (χ4v) is 4.89. The predicted octanol–water partition coefficient (Wildman–Crippen LogP) is 6.28. The van der Waals surface area contributed by atoms with E-state index in [9.17, 15) is 27.2 Å². The van der Waals surface area contributed by atoms with Crippen LogP contribution in [0.15, 0.2) is 60.7 Å². The van der Waals surface area contributed by atoms with E-state index in [4.69, 9.17) is 5.73 Å². The van der Waals surface area contributed by atoms with Crippen LogP contribution in [0.2, 0.25) is 0 Å². The van der Waals surface area contributed by atoms with Gasteiger partial charge < -0.3 is 16.0 Å². The standard InChI is InChI=1S/C28H27F4N3O2/c1-16-8-13-20(15-22(16)28(30,31)32)34-26(36)21-6-4-14-35(25(21)18-9-11-19(33)12-10-18)27(37)24-17(2)5-3-7-23(24)29/h3,5,7-13,15,21,25H,4,6,14,33H2,1-2H3,(H,34,36)/t21-,25?/m0/s1. The third-order valence-corrected chi connectivity index (χ3v) is 6.75. The Labute approximate surface area is 212 Å². The van der Waals surface area contributed by atoms with E-state index >= 15 is 0 Å². The maximum atomic E-state index is 14.7. The van der Waals surface area contributed by atoms with Gasteiger partial charge >= 0.3 is 6.18 Å². The predicted molar refractivity (Wildman–Crippen MR) is 133 cm³/mol. The lowest BCUT2D eigenvalue weighted by atomic mass is 9.83. The van der Waals surface area contributed by atoms with Crippen LogP contribution >= 0.6 is 0 Å². The molecule has 1 saturated heterocycles. The Bertz CT molecular complexity index is 1300. The monoisotopic (exact) mass is 513 g/mol. The molecule has 0 aliphatic carbocycles. The van der Waals surface area contributed by atoms with E-state index < -0.39 is 41.3 Å². The number of anilines is 2. The van der Waals surface area contributed by atoms with Crippen LogP contribution in [-0.4, -0.2) is 23.3 Å². The molecule has 0 spiro atoms. The first kappa shape index (κ1) is 26.2. The molecule has 9 heteroatoms. The van der Waals surface area contributed by atoms with Gasteiger partial charge in [0.05, 0.1) is 23.1 Å². The summed E-state index contributed by atoms with van der Waals surface area (Å²) in [7, 11) is 0. The number of nitrogen functional groups attached to an aromatic ring is 1. The van der Waals surface area contributed by atoms with Gasteiger partial charge in [0.15, 0.2) is 0 Å². The van der Waals surface area contributed by atoms with Gasteiger partial charge in [-0.25, -0.2) is 4.39 Å². The van der Waals surface area contributed by atoms with Crippen molar-refractivity contribution in [3.05, 3.63) is 94.3 Å². The van der Waals surface area contributed by atoms with Gasteiger partial charge in [0, 0.05) is 17.9 Å². The zero-order valence-corrected chi connectivity index (χ0v) is 20.4. The van der Waals surface area contributed by atoms with Gasteiger partial charge in [-0.1, -0.05) is 30.3 Å². The fourth-order valence-electron chi connectivity index (χ4n) is 4.89. The molecule has 194 valence electrons. The minimum atomic E-state index is -4.57. The lowest BCUT2D eigenvalue weighted by Crippen LogP contribution is -2.46. The molecule has 1 heterocycles. The lowest BCUT2D eigenvalue weighted by molar-refractivity contribution is -0.138. The van der Waals surface area contributed by atoms with E-state index in [2.05, 4.69) is 5.32 Å². The smallest absolute Gasteiger partial charge is 0.399 e. The largest absolute Gasteiger partial charge is 0.416 e. The van der Waals surface area contributed by atoms with Crippen LogP contribution in [0.1, 0.15) is 51.5 Å². The molecular formula is C28H27F4N3O2. The van der Waals surface area contributed by atoms with Crippen LogP contribution in [0.25, 0.3) is 0 Å². The Hall–Kier alpha value is -3.88. The number of rotatable bonds is 4. The number of hydrogen-bond donors (Lipinski definition) is 2.